The standard InChI is InChI=1S/C22H26N4O3/c1-15(2)19(23-21(27)18-7-6-14-28-18)22-24-20(25-29-22)16-8-10-17(11-9-16)26-12-4-3-5-13-26/h6-11,14-15,19H,3-5,12-13H2,1-2H3,(H,23,27)/t19-/m1/s1. The van der Waals surface area contributed by atoms with Crippen LogP contribution in [0, 0.1) is 5.92 Å². The lowest BCUT2D eigenvalue weighted by Crippen LogP contribution is -2.31. The van der Waals surface area contributed by atoms with Crippen LogP contribution < -0.4 is 10.2 Å². The highest BCUT2D eigenvalue weighted by Crippen LogP contribution is 2.26. The van der Waals surface area contributed by atoms with E-state index in [2.05, 4.69) is 32.5 Å². The van der Waals surface area contributed by atoms with E-state index in [0.29, 0.717) is 11.7 Å². The summed E-state index contributed by atoms with van der Waals surface area (Å²) in [5.41, 5.74) is 2.11. The summed E-state index contributed by atoms with van der Waals surface area (Å²) in [6.07, 6.45) is 5.28. The first-order valence-corrected chi connectivity index (χ1v) is 10.1. The van der Waals surface area contributed by atoms with E-state index in [4.69, 9.17) is 8.94 Å². The molecule has 1 amide bonds. The second kappa shape index (κ2) is 8.51. The van der Waals surface area contributed by atoms with Gasteiger partial charge in [-0.25, -0.2) is 0 Å². The van der Waals surface area contributed by atoms with E-state index in [1.165, 1.54) is 31.2 Å². The van der Waals surface area contributed by atoms with E-state index in [1.54, 1.807) is 12.1 Å². The maximum absolute atomic E-state index is 12.4. The third-order valence-corrected chi connectivity index (χ3v) is 5.25. The first-order chi connectivity index (χ1) is 14.1. The lowest BCUT2D eigenvalue weighted by atomic mass is 10.0. The van der Waals surface area contributed by atoms with Crippen LogP contribution in [0.15, 0.2) is 51.6 Å². The molecule has 1 aliphatic rings. The predicted octanol–water partition coefficient (Wildman–Crippen LogP) is 4.45. The van der Waals surface area contributed by atoms with Crippen LogP contribution in [0.2, 0.25) is 0 Å². The SMILES string of the molecule is CC(C)[C@@H](NC(=O)c1ccco1)c1nc(-c2ccc(N3CCCCC3)cc2)no1. The molecule has 0 spiro atoms. The number of amides is 1. The Hall–Kier alpha value is -3.09. The molecule has 7 heteroatoms. The molecule has 1 N–H and O–H groups in total. The van der Waals surface area contributed by atoms with Gasteiger partial charge in [0.2, 0.25) is 11.7 Å². The molecule has 1 atom stereocenters. The number of rotatable bonds is 6. The second-order valence-electron chi connectivity index (χ2n) is 7.72. The zero-order chi connectivity index (χ0) is 20.2. The van der Waals surface area contributed by atoms with Crippen molar-refractivity contribution in [2.45, 2.75) is 39.2 Å². The lowest BCUT2D eigenvalue weighted by Gasteiger charge is -2.28. The van der Waals surface area contributed by atoms with E-state index < -0.39 is 6.04 Å². The molecule has 4 rings (SSSR count). The number of aromatic nitrogens is 2. The van der Waals surface area contributed by atoms with E-state index in [9.17, 15) is 4.79 Å². The fourth-order valence-corrected chi connectivity index (χ4v) is 3.59. The van der Waals surface area contributed by atoms with Crippen molar-refractivity contribution >= 4 is 11.6 Å². The molecule has 0 saturated carbocycles. The van der Waals surface area contributed by atoms with Crippen molar-refractivity contribution in [3.05, 3.63) is 54.3 Å². The quantitative estimate of drug-likeness (QED) is 0.665. The van der Waals surface area contributed by atoms with Gasteiger partial charge in [0, 0.05) is 24.3 Å². The van der Waals surface area contributed by atoms with Gasteiger partial charge in [0.15, 0.2) is 5.76 Å². The largest absolute Gasteiger partial charge is 0.459 e. The summed E-state index contributed by atoms with van der Waals surface area (Å²) < 4.78 is 10.7. The molecule has 1 saturated heterocycles. The van der Waals surface area contributed by atoms with Gasteiger partial charge in [-0.05, 0) is 61.6 Å². The van der Waals surface area contributed by atoms with E-state index in [-0.39, 0.29) is 17.6 Å². The minimum atomic E-state index is -0.401. The summed E-state index contributed by atoms with van der Waals surface area (Å²) in [4.78, 5) is 19.3. The molecule has 29 heavy (non-hydrogen) atoms. The third kappa shape index (κ3) is 4.34. The minimum Gasteiger partial charge on any atom is -0.459 e. The number of carbonyl (C=O) groups is 1. The Kier molecular flexibility index (Phi) is 5.64. The fourth-order valence-electron chi connectivity index (χ4n) is 3.59. The molecule has 3 aromatic rings. The predicted molar refractivity (Wildman–Crippen MR) is 110 cm³/mol. The van der Waals surface area contributed by atoms with Crippen molar-refractivity contribution in [1.29, 1.82) is 0 Å². The third-order valence-electron chi connectivity index (χ3n) is 5.25. The van der Waals surface area contributed by atoms with Crippen molar-refractivity contribution in [3.8, 4) is 11.4 Å². The molecular weight excluding hydrogens is 368 g/mol. The Morgan fingerprint density at radius 2 is 1.86 bits per heavy atom. The number of benzene rings is 1. The Balaban J connectivity index is 1.49. The highest BCUT2D eigenvalue weighted by atomic mass is 16.5. The normalized spacial score (nSPS) is 15.5. The van der Waals surface area contributed by atoms with Crippen LogP contribution in [0.5, 0.6) is 0 Å². The molecule has 0 radical (unpaired) electrons. The Morgan fingerprint density at radius 3 is 2.52 bits per heavy atom. The van der Waals surface area contributed by atoms with Crippen molar-refractivity contribution in [2.75, 3.05) is 18.0 Å². The smallest absolute Gasteiger partial charge is 0.287 e. The van der Waals surface area contributed by atoms with Crippen molar-refractivity contribution < 1.29 is 13.7 Å². The molecule has 1 aromatic carbocycles. The first kappa shape index (κ1) is 19.2. The highest BCUT2D eigenvalue weighted by molar-refractivity contribution is 5.91. The molecule has 0 unspecified atom stereocenters. The highest BCUT2D eigenvalue weighted by Gasteiger charge is 2.26. The average molecular weight is 394 g/mol. The zero-order valence-corrected chi connectivity index (χ0v) is 16.8. The van der Waals surface area contributed by atoms with Gasteiger partial charge < -0.3 is 19.2 Å². The van der Waals surface area contributed by atoms with Gasteiger partial charge in [-0.1, -0.05) is 19.0 Å². The van der Waals surface area contributed by atoms with Crippen molar-refractivity contribution in [2.24, 2.45) is 5.92 Å². The fraction of sp³-hybridized carbons (Fsp3) is 0.409. The van der Waals surface area contributed by atoms with E-state index >= 15 is 0 Å². The van der Waals surface area contributed by atoms with Crippen LogP contribution in [-0.2, 0) is 0 Å². The monoisotopic (exact) mass is 394 g/mol. The van der Waals surface area contributed by atoms with Crippen LogP contribution >= 0.6 is 0 Å². The maximum atomic E-state index is 12.4. The summed E-state index contributed by atoms with van der Waals surface area (Å²) in [7, 11) is 0. The number of hydrogen-bond donors (Lipinski definition) is 1. The maximum Gasteiger partial charge on any atom is 0.287 e. The summed E-state index contributed by atoms with van der Waals surface area (Å²) in [5, 5.41) is 7.04. The number of hydrogen-bond acceptors (Lipinski definition) is 6. The van der Waals surface area contributed by atoms with Gasteiger partial charge in [-0.2, -0.15) is 4.98 Å². The van der Waals surface area contributed by atoms with Crippen molar-refractivity contribution in [1.82, 2.24) is 15.5 Å². The number of anilines is 1. The number of carbonyl (C=O) groups excluding carboxylic acids is 1. The lowest BCUT2D eigenvalue weighted by molar-refractivity contribution is 0.0885. The molecule has 7 nitrogen and oxygen atoms in total. The van der Waals surface area contributed by atoms with Crippen LogP contribution in [0.25, 0.3) is 11.4 Å². The number of furan rings is 1. The van der Waals surface area contributed by atoms with Gasteiger partial charge in [-0.15, -0.1) is 0 Å². The topological polar surface area (TPSA) is 84.4 Å². The number of piperidine rings is 1. The first-order valence-electron chi connectivity index (χ1n) is 10.1. The molecule has 1 aliphatic heterocycles. The van der Waals surface area contributed by atoms with E-state index in [1.807, 2.05) is 26.0 Å². The van der Waals surface area contributed by atoms with Gasteiger partial charge >= 0.3 is 0 Å². The van der Waals surface area contributed by atoms with Gasteiger partial charge in [0.05, 0.1) is 6.26 Å². The van der Waals surface area contributed by atoms with Crippen LogP contribution in [0.4, 0.5) is 5.69 Å². The van der Waals surface area contributed by atoms with Crippen molar-refractivity contribution in [3.63, 3.8) is 0 Å². The Morgan fingerprint density at radius 1 is 1.10 bits per heavy atom. The average Bonchev–Trinajstić information content (AvgIpc) is 3.45. The van der Waals surface area contributed by atoms with Crippen LogP contribution in [0.1, 0.15) is 55.6 Å². The zero-order valence-electron chi connectivity index (χ0n) is 16.8. The van der Waals surface area contributed by atoms with Crippen LogP contribution in [-0.4, -0.2) is 29.1 Å². The molecular formula is C22H26N4O3. The van der Waals surface area contributed by atoms with Gasteiger partial charge in [0.25, 0.3) is 5.91 Å². The summed E-state index contributed by atoms with van der Waals surface area (Å²) >= 11 is 0. The molecule has 0 aliphatic carbocycles. The Bertz CT molecular complexity index is 925. The number of nitrogens with one attached hydrogen (secondary N) is 1. The molecule has 3 heterocycles. The van der Waals surface area contributed by atoms with Gasteiger partial charge in [-0.3, -0.25) is 4.79 Å². The Labute approximate surface area is 170 Å². The summed E-state index contributed by atoms with van der Waals surface area (Å²) in [5.74, 6) is 0.921. The van der Waals surface area contributed by atoms with E-state index in [0.717, 1.165) is 18.7 Å². The minimum absolute atomic E-state index is 0.0729. The second-order valence-corrected chi connectivity index (χ2v) is 7.72. The molecule has 2 aromatic heterocycles. The number of nitrogens with zero attached hydrogens (tertiary/aromatic N) is 3. The van der Waals surface area contributed by atoms with Crippen LogP contribution in [0.3, 0.4) is 0 Å². The molecule has 0 bridgehead atoms. The molecule has 152 valence electrons. The summed E-state index contributed by atoms with van der Waals surface area (Å²) in [6.45, 7) is 6.20. The van der Waals surface area contributed by atoms with Gasteiger partial charge in [0.1, 0.15) is 6.04 Å². The summed E-state index contributed by atoms with van der Waals surface area (Å²) in [6, 6.07) is 11.1. The molecule has 1 fully saturated rings.